The Morgan fingerprint density at radius 3 is 0.990 bits per heavy atom. The Kier molecular flexibility index (Phi) is 11.7. The predicted molar refractivity (Wildman–Crippen MR) is 409 cm³/mol. The summed E-state index contributed by atoms with van der Waals surface area (Å²) in [5.74, 6) is 0.665. The van der Waals surface area contributed by atoms with E-state index in [4.69, 9.17) is 9.97 Å². The number of hydrogen-bond donors (Lipinski definition) is 0. The van der Waals surface area contributed by atoms with Crippen molar-refractivity contribution in [3.05, 3.63) is 340 Å². The number of aromatic nitrogens is 6. The Morgan fingerprint density at radius 1 is 0.184 bits per heavy atom. The second-order valence-electron chi connectivity index (χ2n) is 26.0. The first kappa shape index (κ1) is 54.3. The third-order valence-electron chi connectivity index (χ3n) is 20.7. The number of hydrogen-bond acceptors (Lipinski definition) is 2. The normalized spacial score (nSPS) is 12.1. The maximum atomic E-state index is 5.81. The molecular weight excluding hydrogens is 1190 g/mol. The lowest BCUT2D eigenvalue weighted by Gasteiger charge is -2.15. The van der Waals surface area contributed by atoms with E-state index in [0.717, 1.165) is 84.0 Å². The highest BCUT2D eigenvalue weighted by molar-refractivity contribution is 6.21. The Balaban J connectivity index is 0.706. The summed E-state index contributed by atoms with van der Waals surface area (Å²) in [6.45, 7) is 0. The SMILES string of the molecule is c1ccc(-c2ccc3c4c(cccc24)-c2nc(-c4cccc(-n5c6ccccc6c6cc(-c7ccc8c(c7)c7ccccc7n8-c7ccccc7)ccc65)c4)nc(-c4cccc(-n5c6ccccc6c6cc(-c7ccc8c(c7)c7ccccc7n8-c7ccccc7)ccc65)c4)c2-3)cc1. The highest BCUT2D eigenvalue weighted by Crippen LogP contribution is 2.53. The van der Waals surface area contributed by atoms with Crippen LogP contribution in [0.3, 0.4) is 0 Å². The zero-order chi connectivity index (χ0) is 64.1. The first-order chi connectivity index (χ1) is 48.6. The monoisotopic (exact) mass is 1240 g/mol. The topological polar surface area (TPSA) is 45.5 Å². The Morgan fingerprint density at radius 2 is 0.520 bits per heavy atom. The van der Waals surface area contributed by atoms with E-state index in [2.05, 4.69) is 358 Å². The fourth-order valence-electron chi connectivity index (χ4n) is 16.4. The lowest BCUT2D eigenvalue weighted by molar-refractivity contribution is 1.16. The molecule has 5 aromatic heterocycles. The molecule has 0 unspecified atom stereocenters. The minimum Gasteiger partial charge on any atom is -0.309 e. The number of rotatable bonds is 9. The highest BCUT2D eigenvalue weighted by atomic mass is 15.0. The van der Waals surface area contributed by atoms with Crippen LogP contribution in [-0.4, -0.2) is 28.2 Å². The van der Waals surface area contributed by atoms with Crippen LogP contribution in [0.4, 0.5) is 0 Å². The summed E-state index contributed by atoms with van der Waals surface area (Å²) in [5.41, 5.74) is 27.8. The molecular formula is C92H56N6. The zero-order valence-electron chi connectivity index (χ0n) is 53.0. The largest absolute Gasteiger partial charge is 0.309 e. The van der Waals surface area contributed by atoms with Gasteiger partial charge in [0.25, 0.3) is 0 Å². The second kappa shape index (κ2) is 21.2. The molecule has 0 aliphatic heterocycles. The van der Waals surface area contributed by atoms with E-state index in [1.165, 1.54) is 109 Å². The average molecular weight is 1250 g/mol. The minimum atomic E-state index is 0.665. The van der Waals surface area contributed by atoms with E-state index >= 15 is 0 Å². The molecule has 0 spiro atoms. The molecule has 0 amide bonds. The van der Waals surface area contributed by atoms with E-state index < -0.39 is 0 Å². The van der Waals surface area contributed by atoms with E-state index in [9.17, 15) is 0 Å². The molecule has 0 bridgehead atoms. The van der Waals surface area contributed by atoms with Gasteiger partial charge in [0.15, 0.2) is 5.82 Å². The summed E-state index contributed by atoms with van der Waals surface area (Å²) in [6.07, 6.45) is 0. The van der Waals surface area contributed by atoms with Gasteiger partial charge in [-0.25, -0.2) is 9.97 Å². The van der Waals surface area contributed by atoms with Gasteiger partial charge in [0.1, 0.15) is 0 Å². The van der Waals surface area contributed by atoms with Crippen molar-refractivity contribution in [1.29, 1.82) is 0 Å². The van der Waals surface area contributed by atoms with Crippen molar-refractivity contribution < 1.29 is 0 Å². The van der Waals surface area contributed by atoms with Gasteiger partial charge in [-0.05, 0) is 171 Å². The van der Waals surface area contributed by atoms with Crippen molar-refractivity contribution in [1.82, 2.24) is 28.2 Å². The van der Waals surface area contributed by atoms with E-state index in [-0.39, 0.29) is 0 Å². The summed E-state index contributed by atoms with van der Waals surface area (Å²) < 4.78 is 9.60. The molecule has 0 saturated carbocycles. The number of benzene rings is 15. The fourth-order valence-corrected chi connectivity index (χ4v) is 16.4. The molecule has 5 heterocycles. The van der Waals surface area contributed by atoms with E-state index in [1.807, 2.05) is 0 Å². The van der Waals surface area contributed by atoms with Crippen molar-refractivity contribution in [2.24, 2.45) is 0 Å². The molecule has 0 atom stereocenters. The molecule has 1 aliphatic rings. The average Bonchev–Trinajstić information content (AvgIpc) is 1.56. The van der Waals surface area contributed by atoms with Crippen molar-refractivity contribution in [3.63, 3.8) is 0 Å². The van der Waals surface area contributed by atoms with Crippen LogP contribution in [0.15, 0.2) is 340 Å². The van der Waals surface area contributed by atoms with Gasteiger partial charge in [-0.2, -0.15) is 0 Å². The molecule has 0 fully saturated rings. The molecule has 454 valence electrons. The summed E-state index contributed by atoms with van der Waals surface area (Å²) in [4.78, 5) is 11.5. The van der Waals surface area contributed by atoms with Crippen LogP contribution in [-0.2, 0) is 0 Å². The van der Waals surface area contributed by atoms with Gasteiger partial charge in [0.05, 0.1) is 55.5 Å². The fraction of sp³-hybridized carbons (Fsp3) is 0. The molecule has 6 nitrogen and oxygen atoms in total. The van der Waals surface area contributed by atoms with Crippen molar-refractivity contribution in [2.75, 3.05) is 0 Å². The predicted octanol–water partition coefficient (Wildman–Crippen LogP) is 24.0. The molecule has 0 radical (unpaired) electrons. The van der Waals surface area contributed by atoms with Crippen molar-refractivity contribution in [2.45, 2.75) is 0 Å². The lowest BCUT2D eigenvalue weighted by Crippen LogP contribution is -2.00. The molecule has 21 rings (SSSR count). The molecule has 20 aromatic rings. The lowest BCUT2D eigenvalue weighted by atomic mass is 9.93. The summed E-state index contributed by atoms with van der Waals surface area (Å²) in [5, 5.41) is 12.1. The third-order valence-corrected chi connectivity index (χ3v) is 20.7. The molecule has 6 heteroatoms. The Hall–Kier alpha value is -13.2. The molecule has 0 N–H and O–H groups in total. The summed E-state index contributed by atoms with van der Waals surface area (Å²) in [6, 6.07) is 124. The van der Waals surface area contributed by atoms with E-state index in [0.29, 0.717) is 5.82 Å². The van der Waals surface area contributed by atoms with Crippen molar-refractivity contribution in [3.8, 4) is 101 Å². The van der Waals surface area contributed by atoms with Crippen LogP contribution in [0.25, 0.3) is 199 Å². The van der Waals surface area contributed by atoms with Crippen molar-refractivity contribution >= 4 is 98.0 Å². The maximum absolute atomic E-state index is 5.81. The third kappa shape index (κ3) is 8.09. The smallest absolute Gasteiger partial charge is 0.160 e. The highest BCUT2D eigenvalue weighted by Gasteiger charge is 2.30. The van der Waals surface area contributed by atoms with Gasteiger partial charge < -0.3 is 18.3 Å². The van der Waals surface area contributed by atoms with Gasteiger partial charge in [0, 0.05) is 88.1 Å². The summed E-state index contributed by atoms with van der Waals surface area (Å²) >= 11 is 0. The first-order valence-electron chi connectivity index (χ1n) is 33.6. The van der Waals surface area contributed by atoms with Crippen LogP contribution in [0, 0.1) is 0 Å². The number of para-hydroxylation sites is 6. The van der Waals surface area contributed by atoms with Crippen LogP contribution < -0.4 is 0 Å². The van der Waals surface area contributed by atoms with Gasteiger partial charge >= 0.3 is 0 Å². The standard InChI is InChI=1S/C92H56N6/c1-4-21-57(22-5-1)68-45-46-74-88-73(68)35-20-36-75(88)91-89(74)90(62-23-18-29-66(51-62)97-82-39-16-12-33-71(82)78-55-60(43-49-86(78)97)58-41-47-84-76(53-58)69-31-10-14-37-80(69)95(84)64-25-6-2-7-26-64)93-92(94-91)63-24-19-30-67(52-63)98-83-40-17-13-34-72(83)79-56-61(44-50-87(79)98)59-42-48-85-77(54-59)70-32-11-15-38-81(70)96(85)65-27-8-3-9-28-65/h1-56H. The number of fused-ring (bicyclic) bond motifs is 15. The van der Waals surface area contributed by atoms with E-state index in [1.54, 1.807) is 0 Å². The molecule has 15 aromatic carbocycles. The number of nitrogens with zero attached hydrogens (tertiary/aromatic N) is 6. The summed E-state index contributed by atoms with van der Waals surface area (Å²) in [7, 11) is 0. The molecule has 0 saturated heterocycles. The molecule has 1 aliphatic carbocycles. The van der Waals surface area contributed by atoms with Crippen LogP contribution >= 0.6 is 0 Å². The van der Waals surface area contributed by atoms with Gasteiger partial charge in [-0.15, -0.1) is 0 Å². The Bertz CT molecular complexity index is 6720. The molecule has 98 heavy (non-hydrogen) atoms. The van der Waals surface area contributed by atoms with Crippen LogP contribution in [0.1, 0.15) is 0 Å². The van der Waals surface area contributed by atoms with Gasteiger partial charge in [0.2, 0.25) is 0 Å². The van der Waals surface area contributed by atoms with Gasteiger partial charge in [-0.1, -0.05) is 218 Å². The first-order valence-corrected chi connectivity index (χ1v) is 33.6. The van der Waals surface area contributed by atoms with Gasteiger partial charge in [-0.3, -0.25) is 0 Å². The minimum absolute atomic E-state index is 0.665. The van der Waals surface area contributed by atoms with Crippen LogP contribution in [0.2, 0.25) is 0 Å². The van der Waals surface area contributed by atoms with Crippen LogP contribution in [0.5, 0.6) is 0 Å². The quantitative estimate of drug-likeness (QED) is 0.145. The zero-order valence-corrected chi connectivity index (χ0v) is 53.0. The Labute approximate surface area is 563 Å². The second-order valence-corrected chi connectivity index (χ2v) is 26.0. The maximum Gasteiger partial charge on any atom is 0.160 e.